The molecule has 0 amide bonds. The molecule has 0 aromatic heterocycles. The minimum Gasteiger partial charge on any atom is -0.329 e. The van der Waals surface area contributed by atoms with Gasteiger partial charge in [0.25, 0.3) is 5.69 Å². The quantitative estimate of drug-likeness (QED) is 0.603. The van der Waals surface area contributed by atoms with Crippen molar-refractivity contribution < 1.29 is 17.7 Å². The maximum atomic E-state index is 13.1. The number of hydrogen-bond acceptors (Lipinski definition) is 5. The van der Waals surface area contributed by atoms with Gasteiger partial charge in [0.05, 0.1) is 11.0 Å². The molecule has 2 rings (SSSR count). The molecular formula is C12H16FN3O4S. The lowest BCUT2D eigenvalue weighted by molar-refractivity contribution is -0.388. The first-order chi connectivity index (χ1) is 9.69. The Kier molecular flexibility index (Phi) is 4.00. The van der Waals surface area contributed by atoms with Crippen LogP contribution in [0.2, 0.25) is 0 Å². The topological polar surface area (TPSA) is 115 Å². The summed E-state index contributed by atoms with van der Waals surface area (Å²) in [5, 5.41) is 10.9. The number of benzene rings is 1. The predicted molar refractivity (Wildman–Crippen MR) is 73.6 cm³/mol. The second-order valence-corrected chi connectivity index (χ2v) is 7.02. The van der Waals surface area contributed by atoms with Crippen LogP contribution in [0.1, 0.15) is 19.8 Å². The van der Waals surface area contributed by atoms with Crippen LogP contribution in [0.15, 0.2) is 23.1 Å². The summed E-state index contributed by atoms with van der Waals surface area (Å²) in [6.45, 7) is 1.74. The van der Waals surface area contributed by atoms with Crippen LogP contribution in [0.3, 0.4) is 0 Å². The second kappa shape index (κ2) is 5.32. The zero-order valence-electron chi connectivity index (χ0n) is 11.4. The van der Waals surface area contributed by atoms with Crippen molar-refractivity contribution in [2.24, 2.45) is 11.7 Å². The van der Waals surface area contributed by atoms with Crippen LogP contribution >= 0.6 is 0 Å². The van der Waals surface area contributed by atoms with E-state index in [1.807, 2.05) is 0 Å². The molecule has 0 spiro atoms. The van der Waals surface area contributed by atoms with Gasteiger partial charge in [0, 0.05) is 12.1 Å². The molecule has 0 saturated heterocycles. The van der Waals surface area contributed by atoms with Gasteiger partial charge in [-0.2, -0.15) is 0 Å². The van der Waals surface area contributed by atoms with Crippen molar-refractivity contribution in [3.8, 4) is 0 Å². The Labute approximate surface area is 121 Å². The van der Waals surface area contributed by atoms with Gasteiger partial charge in [-0.1, -0.05) is 0 Å². The fourth-order valence-corrected chi connectivity index (χ4v) is 3.86. The molecule has 0 radical (unpaired) electrons. The standard InChI is InChI=1S/C12H16FN3O4S/c1-12(7-14,8-2-3-8)15-21(19,20)11-5-4-9(13)6-10(11)16(17)18/h4-6,8,15H,2-3,7,14H2,1H3. The zero-order valence-corrected chi connectivity index (χ0v) is 12.2. The van der Waals surface area contributed by atoms with Crippen molar-refractivity contribution in [3.05, 3.63) is 34.1 Å². The van der Waals surface area contributed by atoms with Crippen LogP contribution < -0.4 is 10.5 Å². The molecule has 1 aliphatic rings. The van der Waals surface area contributed by atoms with E-state index in [1.165, 1.54) is 0 Å². The molecule has 7 nitrogen and oxygen atoms in total. The SMILES string of the molecule is CC(CN)(NS(=O)(=O)c1ccc(F)cc1[N+](=O)[O-])C1CC1. The molecule has 1 saturated carbocycles. The molecule has 1 atom stereocenters. The Morgan fingerprint density at radius 1 is 1.52 bits per heavy atom. The van der Waals surface area contributed by atoms with Crippen molar-refractivity contribution in [2.75, 3.05) is 6.54 Å². The average Bonchev–Trinajstić information content (AvgIpc) is 3.22. The second-order valence-electron chi connectivity index (χ2n) is 5.37. The highest BCUT2D eigenvalue weighted by atomic mass is 32.2. The number of halogens is 1. The average molecular weight is 317 g/mol. The van der Waals surface area contributed by atoms with Gasteiger partial charge < -0.3 is 5.73 Å². The fraction of sp³-hybridized carbons (Fsp3) is 0.500. The van der Waals surface area contributed by atoms with E-state index in [0.717, 1.165) is 25.0 Å². The van der Waals surface area contributed by atoms with E-state index in [0.29, 0.717) is 6.07 Å². The van der Waals surface area contributed by atoms with Gasteiger partial charge in [-0.05, 0) is 37.8 Å². The van der Waals surface area contributed by atoms with E-state index < -0.39 is 36.9 Å². The molecular weight excluding hydrogens is 301 g/mol. The number of rotatable bonds is 6. The van der Waals surface area contributed by atoms with Gasteiger partial charge in [0.2, 0.25) is 10.0 Å². The number of nitro groups is 1. The van der Waals surface area contributed by atoms with Crippen LogP contribution in [0.4, 0.5) is 10.1 Å². The molecule has 1 aromatic carbocycles. The normalized spacial score (nSPS) is 18.2. The van der Waals surface area contributed by atoms with Gasteiger partial charge in [0.15, 0.2) is 4.90 Å². The third-order valence-corrected chi connectivity index (χ3v) is 5.34. The zero-order chi connectivity index (χ0) is 15.8. The number of nitrogens with zero attached hydrogens (tertiary/aromatic N) is 1. The summed E-state index contributed by atoms with van der Waals surface area (Å²) in [5.74, 6) is -0.763. The first-order valence-corrected chi connectivity index (χ1v) is 7.86. The van der Waals surface area contributed by atoms with Crippen LogP contribution in [0, 0.1) is 21.8 Å². The fourth-order valence-electron chi connectivity index (χ4n) is 2.23. The van der Waals surface area contributed by atoms with Crippen LogP contribution in [0.5, 0.6) is 0 Å². The highest BCUT2D eigenvalue weighted by Crippen LogP contribution is 2.40. The molecule has 116 valence electrons. The smallest absolute Gasteiger partial charge is 0.292 e. The monoisotopic (exact) mass is 317 g/mol. The molecule has 3 N–H and O–H groups in total. The van der Waals surface area contributed by atoms with Gasteiger partial charge >= 0.3 is 0 Å². The number of nitrogens with one attached hydrogen (secondary N) is 1. The third-order valence-electron chi connectivity index (χ3n) is 3.68. The van der Waals surface area contributed by atoms with E-state index in [1.54, 1.807) is 6.92 Å². The minimum absolute atomic E-state index is 0.0753. The largest absolute Gasteiger partial charge is 0.329 e. The Bertz CT molecular complexity index is 675. The molecule has 1 unspecified atom stereocenters. The number of sulfonamides is 1. The Balaban J connectivity index is 2.42. The van der Waals surface area contributed by atoms with Crippen molar-refractivity contribution in [1.82, 2.24) is 4.72 Å². The summed E-state index contributed by atoms with van der Waals surface area (Å²) in [7, 11) is -4.17. The lowest BCUT2D eigenvalue weighted by Gasteiger charge is -2.28. The molecule has 0 bridgehead atoms. The van der Waals surface area contributed by atoms with Crippen LogP contribution in [-0.4, -0.2) is 25.4 Å². The lowest BCUT2D eigenvalue weighted by atomic mass is 9.98. The number of hydrogen-bond donors (Lipinski definition) is 2. The first kappa shape index (κ1) is 15.8. The summed E-state index contributed by atoms with van der Waals surface area (Å²) in [6, 6.07) is 2.35. The highest BCUT2D eigenvalue weighted by Gasteiger charge is 2.44. The molecule has 1 aromatic rings. The van der Waals surface area contributed by atoms with Crippen LogP contribution in [0.25, 0.3) is 0 Å². The Morgan fingerprint density at radius 2 is 2.14 bits per heavy atom. The number of nitrogens with two attached hydrogens (primary N) is 1. The lowest BCUT2D eigenvalue weighted by Crippen LogP contribution is -2.53. The van der Waals surface area contributed by atoms with Gasteiger partial charge in [-0.15, -0.1) is 0 Å². The van der Waals surface area contributed by atoms with Crippen molar-refractivity contribution in [1.29, 1.82) is 0 Å². The molecule has 9 heteroatoms. The predicted octanol–water partition coefficient (Wildman–Crippen LogP) is 1.14. The number of nitro benzene ring substituents is 1. The Hall–Kier alpha value is -1.58. The van der Waals surface area contributed by atoms with Gasteiger partial charge in [0.1, 0.15) is 5.82 Å². The summed E-state index contributed by atoms with van der Waals surface area (Å²) < 4.78 is 40.3. The minimum atomic E-state index is -4.17. The Morgan fingerprint density at radius 3 is 2.62 bits per heavy atom. The van der Waals surface area contributed by atoms with E-state index in [2.05, 4.69) is 4.72 Å². The summed E-state index contributed by atoms with van der Waals surface area (Å²) in [5.41, 5.74) is 3.98. The first-order valence-electron chi connectivity index (χ1n) is 6.37. The van der Waals surface area contributed by atoms with Crippen LogP contribution in [-0.2, 0) is 10.0 Å². The molecule has 0 heterocycles. The van der Waals surface area contributed by atoms with Crippen molar-refractivity contribution in [3.63, 3.8) is 0 Å². The van der Waals surface area contributed by atoms with E-state index >= 15 is 0 Å². The molecule has 0 aliphatic heterocycles. The molecule has 1 fully saturated rings. The van der Waals surface area contributed by atoms with E-state index in [4.69, 9.17) is 5.73 Å². The third kappa shape index (κ3) is 3.20. The summed E-state index contributed by atoms with van der Waals surface area (Å²) in [6.07, 6.45) is 1.70. The molecule has 1 aliphatic carbocycles. The molecule has 21 heavy (non-hydrogen) atoms. The van der Waals surface area contributed by atoms with E-state index in [9.17, 15) is 22.9 Å². The summed E-state index contributed by atoms with van der Waals surface area (Å²) >= 11 is 0. The van der Waals surface area contributed by atoms with E-state index in [-0.39, 0.29) is 12.5 Å². The maximum absolute atomic E-state index is 13.1. The maximum Gasteiger partial charge on any atom is 0.292 e. The van der Waals surface area contributed by atoms with Crippen molar-refractivity contribution >= 4 is 15.7 Å². The van der Waals surface area contributed by atoms with Gasteiger partial charge in [-0.25, -0.2) is 17.5 Å². The highest BCUT2D eigenvalue weighted by molar-refractivity contribution is 7.89. The van der Waals surface area contributed by atoms with Crippen molar-refractivity contribution in [2.45, 2.75) is 30.2 Å². The van der Waals surface area contributed by atoms with Gasteiger partial charge in [-0.3, -0.25) is 10.1 Å². The summed E-state index contributed by atoms with van der Waals surface area (Å²) in [4.78, 5) is 9.44.